The molecule has 23 heavy (non-hydrogen) atoms. The minimum Gasteiger partial charge on any atom is -0.444 e. The van der Waals surface area contributed by atoms with Crippen LogP contribution in [0.25, 0.3) is 0 Å². The molecule has 0 bridgehead atoms. The van der Waals surface area contributed by atoms with Gasteiger partial charge in [0.05, 0.1) is 12.6 Å². The van der Waals surface area contributed by atoms with Crippen LogP contribution in [0.3, 0.4) is 0 Å². The predicted octanol–water partition coefficient (Wildman–Crippen LogP) is 4.25. The van der Waals surface area contributed by atoms with Gasteiger partial charge in [0, 0.05) is 6.42 Å². The highest BCUT2D eigenvalue weighted by Crippen LogP contribution is 2.33. The fourth-order valence-corrected chi connectivity index (χ4v) is 2.23. The van der Waals surface area contributed by atoms with E-state index in [1.807, 2.05) is 41.5 Å². The van der Waals surface area contributed by atoms with Gasteiger partial charge in [0.25, 0.3) is 0 Å². The largest absolute Gasteiger partial charge is 0.444 e. The van der Waals surface area contributed by atoms with E-state index >= 15 is 0 Å². The van der Waals surface area contributed by atoms with Gasteiger partial charge in [0.2, 0.25) is 0 Å². The standard InChI is InChI=1S/C14H25NO4.C4H10/c1-10(7-8-16)11-9-18-14(5,6)15(11)12(17)19-13(2,3)4;1-4(2)3/h8,10-11H,7,9H2,1-6H3;4H,1-3H3. The average molecular weight is 329 g/mol. The Labute approximate surface area is 141 Å². The Morgan fingerprint density at radius 2 is 1.78 bits per heavy atom. The highest BCUT2D eigenvalue weighted by molar-refractivity contribution is 5.70. The van der Waals surface area contributed by atoms with E-state index in [0.29, 0.717) is 13.0 Å². The van der Waals surface area contributed by atoms with Crippen molar-refractivity contribution in [3.63, 3.8) is 0 Å². The maximum absolute atomic E-state index is 12.3. The zero-order valence-electron chi connectivity index (χ0n) is 16.3. The number of hydrogen-bond acceptors (Lipinski definition) is 4. The van der Waals surface area contributed by atoms with E-state index in [-0.39, 0.29) is 12.0 Å². The fraction of sp³-hybridized carbons (Fsp3) is 0.889. The van der Waals surface area contributed by atoms with E-state index in [1.54, 1.807) is 4.90 Å². The first kappa shape index (κ1) is 21.9. The number of carbonyl (C=O) groups excluding carboxylic acids is 2. The quantitative estimate of drug-likeness (QED) is 0.727. The second kappa shape index (κ2) is 8.67. The molecule has 1 fully saturated rings. The normalized spacial score (nSPS) is 21.5. The SMILES string of the molecule is CC(C)C.CC(CC=O)C1COC(C)(C)N1C(=O)OC(C)(C)C. The molecular formula is C18H35NO4. The van der Waals surface area contributed by atoms with E-state index in [9.17, 15) is 9.59 Å². The van der Waals surface area contributed by atoms with Crippen LogP contribution in [0.4, 0.5) is 4.79 Å². The summed E-state index contributed by atoms with van der Waals surface area (Å²) in [4.78, 5) is 24.6. The molecule has 5 heteroatoms. The summed E-state index contributed by atoms with van der Waals surface area (Å²) in [6, 6.07) is -0.130. The molecule has 1 amide bonds. The monoisotopic (exact) mass is 329 g/mol. The Bertz CT molecular complexity index is 382. The summed E-state index contributed by atoms with van der Waals surface area (Å²) in [5, 5.41) is 0. The number of carbonyl (C=O) groups is 2. The van der Waals surface area contributed by atoms with Crippen LogP contribution in [0, 0.1) is 11.8 Å². The van der Waals surface area contributed by atoms with Gasteiger partial charge in [-0.3, -0.25) is 4.90 Å². The molecule has 5 nitrogen and oxygen atoms in total. The molecule has 1 saturated heterocycles. The molecule has 1 aliphatic rings. The summed E-state index contributed by atoms with van der Waals surface area (Å²) >= 11 is 0. The predicted molar refractivity (Wildman–Crippen MR) is 92.2 cm³/mol. The van der Waals surface area contributed by atoms with Gasteiger partial charge in [-0.2, -0.15) is 0 Å². The first-order valence-corrected chi connectivity index (χ1v) is 8.41. The first-order chi connectivity index (χ1) is 10.3. The van der Waals surface area contributed by atoms with Crippen molar-refractivity contribution in [3.8, 4) is 0 Å². The summed E-state index contributed by atoms with van der Waals surface area (Å²) in [5.74, 6) is 0.881. The lowest BCUT2D eigenvalue weighted by molar-refractivity contribution is -0.109. The second-order valence-corrected chi connectivity index (χ2v) is 8.29. The van der Waals surface area contributed by atoms with Crippen molar-refractivity contribution in [2.45, 2.75) is 86.1 Å². The topological polar surface area (TPSA) is 55.8 Å². The van der Waals surface area contributed by atoms with Crippen LogP contribution in [-0.2, 0) is 14.3 Å². The van der Waals surface area contributed by atoms with Gasteiger partial charge in [-0.05, 0) is 46.5 Å². The van der Waals surface area contributed by atoms with Crippen LogP contribution in [0.15, 0.2) is 0 Å². The van der Waals surface area contributed by atoms with Crippen LogP contribution < -0.4 is 0 Å². The van der Waals surface area contributed by atoms with Crippen molar-refractivity contribution in [1.29, 1.82) is 0 Å². The fourth-order valence-electron chi connectivity index (χ4n) is 2.23. The molecule has 0 aliphatic carbocycles. The minimum atomic E-state index is -0.704. The molecule has 0 spiro atoms. The lowest BCUT2D eigenvalue weighted by Crippen LogP contribution is -2.51. The van der Waals surface area contributed by atoms with E-state index < -0.39 is 17.4 Å². The van der Waals surface area contributed by atoms with Crippen LogP contribution in [0.2, 0.25) is 0 Å². The summed E-state index contributed by atoms with van der Waals surface area (Å²) < 4.78 is 11.1. The number of rotatable bonds is 3. The Kier molecular flexibility index (Phi) is 8.25. The molecule has 0 saturated carbocycles. The number of nitrogens with zero attached hydrogens (tertiary/aromatic N) is 1. The number of hydrogen-bond donors (Lipinski definition) is 0. The van der Waals surface area contributed by atoms with E-state index in [2.05, 4.69) is 20.8 Å². The van der Waals surface area contributed by atoms with Crippen LogP contribution in [0.1, 0.15) is 68.7 Å². The molecule has 136 valence electrons. The van der Waals surface area contributed by atoms with E-state index in [4.69, 9.17) is 9.47 Å². The molecule has 0 radical (unpaired) electrons. The van der Waals surface area contributed by atoms with Crippen molar-refractivity contribution in [3.05, 3.63) is 0 Å². The third kappa shape index (κ3) is 7.82. The first-order valence-electron chi connectivity index (χ1n) is 8.41. The van der Waals surface area contributed by atoms with Crippen LogP contribution in [0.5, 0.6) is 0 Å². The van der Waals surface area contributed by atoms with Crippen molar-refractivity contribution < 1.29 is 19.1 Å². The maximum Gasteiger partial charge on any atom is 0.412 e. The molecule has 1 rings (SSSR count). The molecule has 0 N–H and O–H groups in total. The molecule has 0 aromatic rings. The van der Waals surface area contributed by atoms with E-state index in [1.165, 1.54) is 0 Å². The summed E-state index contributed by atoms with van der Waals surface area (Å²) in [6.07, 6.45) is 0.893. The molecule has 1 heterocycles. The Morgan fingerprint density at radius 3 is 2.17 bits per heavy atom. The van der Waals surface area contributed by atoms with Gasteiger partial charge in [0.15, 0.2) is 0 Å². The minimum absolute atomic E-state index is 0.0480. The lowest BCUT2D eigenvalue weighted by atomic mass is 9.98. The molecule has 1 aliphatic heterocycles. The Hall–Kier alpha value is -1.10. The van der Waals surface area contributed by atoms with Crippen LogP contribution in [-0.4, -0.2) is 41.3 Å². The third-order valence-corrected chi connectivity index (χ3v) is 3.23. The zero-order chi connectivity index (χ0) is 18.4. The highest BCUT2D eigenvalue weighted by atomic mass is 16.6. The van der Waals surface area contributed by atoms with Crippen molar-refractivity contribution in [1.82, 2.24) is 4.90 Å². The maximum atomic E-state index is 12.3. The van der Waals surface area contributed by atoms with E-state index in [0.717, 1.165) is 12.2 Å². The van der Waals surface area contributed by atoms with Crippen molar-refractivity contribution in [2.75, 3.05) is 6.61 Å². The Balaban J connectivity index is 0.00000108. The number of aldehydes is 1. The van der Waals surface area contributed by atoms with Gasteiger partial charge in [-0.1, -0.05) is 27.7 Å². The average Bonchev–Trinajstić information content (AvgIpc) is 2.62. The number of ether oxygens (including phenoxy) is 2. The van der Waals surface area contributed by atoms with Crippen molar-refractivity contribution >= 4 is 12.4 Å². The highest BCUT2D eigenvalue weighted by Gasteiger charge is 2.47. The van der Waals surface area contributed by atoms with Gasteiger partial charge in [-0.15, -0.1) is 0 Å². The Morgan fingerprint density at radius 1 is 1.30 bits per heavy atom. The summed E-state index contributed by atoms with van der Waals surface area (Å²) in [6.45, 7) is 18.0. The smallest absolute Gasteiger partial charge is 0.412 e. The van der Waals surface area contributed by atoms with Crippen molar-refractivity contribution in [2.24, 2.45) is 11.8 Å². The summed E-state index contributed by atoms with van der Waals surface area (Å²) in [5.41, 5.74) is -1.25. The molecular weight excluding hydrogens is 294 g/mol. The third-order valence-electron chi connectivity index (χ3n) is 3.23. The molecule has 0 aromatic carbocycles. The molecule has 2 atom stereocenters. The number of amides is 1. The van der Waals surface area contributed by atoms with Crippen LogP contribution >= 0.6 is 0 Å². The molecule has 0 aromatic heterocycles. The van der Waals surface area contributed by atoms with Gasteiger partial charge in [-0.25, -0.2) is 4.79 Å². The van der Waals surface area contributed by atoms with Gasteiger partial charge < -0.3 is 14.3 Å². The lowest BCUT2D eigenvalue weighted by Gasteiger charge is -2.36. The van der Waals surface area contributed by atoms with Gasteiger partial charge in [0.1, 0.15) is 17.6 Å². The molecule has 2 unspecified atom stereocenters. The van der Waals surface area contributed by atoms with Gasteiger partial charge >= 0.3 is 6.09 Å². The second-order valence-electron chi connectivity index (χ2n) is 8.29. The summed E-state index contributed by atoms with van der Waals surface area (Å²) in [7, 11) is 0. The zero-order valence-corrected chi connectivity index (χ0v) is 16.3.